The molecule has 1 saturated carbocycles. The highest BCUT2D eigenvalue weighted by Gasteiger charge is 2.31. The average molecular weight is 351 g/mol. The summed E-state index contributed by atoms with van der Waals surface area (Å²) >= 11 is 3.63. The van der Waals surface area contributed by atoms with E-state index in [1.807, 2.05) is 4.90 Å². The number of rotatable bonds is 5. The molecule has 1 aromatic rings. The molecule has 1 heterocycles. The van der Waals surface area contributed by atoms with E-state index in [9.17, 15) is 4.79 Å². The summed E-state index contributed by atoms with van der Waals surface area (Å²) in [6.45, 7) is 2.75. The second kappa shape index (κ2) is 6.93. The van der Waals surface area contributed by atoms with Crippen molar-refractivity contribution in [1.29, 1.82) is 0 Å². The van der Waals surface area contributed by atoms with E-state index < -0.39 is 0 Å². The van der Waals surface area contributed by atoms with E-state index in [2.05, 4.69) is 45.5 Å². The first kappa shape index (κ1) is 15.0. The minimum Gasteiger partial charge on any atom is -0.343 e. The minimum atomic E-state index is 0.321. The molecule has 0 bridgehead atoms. The zero-order valence-corrected chi connectivity index (χ0v) is 13.9. The SMILES string of the molecule is O=C(CCNC1CC(c2ccccc2Br)C1)N1CCCC1. The average Bonchev–Trinajstić information content (AvgIpc) is 2.96. The quantitative estimate of drug-likeness (QED) is 0.883. The van der Waals surface area contributed by atoms with E-state index in [1.165, 1.54) is 35.7 Å². The van der Waals surface area contributed by atoms with Crippen molar-refractivity contribution in [2.24, 2.45) is 0 Å². The first-order valence-electron chi connectivity index (χ1n) is 7.99. The van der Waals surface area contributed by atoms with Crippen molar-refractivity contribution < 1.29 is 4.79 Å². The molecule has 1 aromatic carbocycles. The maximum absolute atomic E-state index is 11.9. The molecule has 1 amide bonds. The highest BCUT2D eigenvalue weighted by atomic mass is 79.9. The molecule has 0 unspecified atom stereocenters. The van der Waals surface area contributed by atoms with Crippen molar-refractivity contribution in [3.05, 3.63) is 34.3 Å². The third-order valence-electron chi connectivity index (χ3n) is 4.71. The third-order valence-corrected chi connectivity index (χ3v) is 5.44. The lowest BCUT2D eigenvalue weighted by molar-refractivity contribution is -0.130. The molecule has 0 spiro atoms. The number of halogens is 1. The summed E-state index contributed by atoms with van der Waals surface area (Å²) in [5.74, 6) is 0.981. The summed E-state index contributed by atoms with van der Waals surface area (Å²) in [6.07, 6.45) is 5.36. The Morgan fingerprint density at radius 3 is 2.67 bits per heavy atom. The van der Waals surface area contributed by atoms with Crippen LogP contribution in [0.15, 0.2) is 28.7 Å². The Labute approximate surface area is 135 Å². The summed E-state index contributed by atoms with van der Waals surface area (Å²) < 4.78 is 1.22. The van der Waals surface area contributed by atoms with Crippen molar-refractivity contribution in [3.63, 3.8) is 0 Å². The van der Waals surface area contributed by atoms with Gasteiger partial charge in [0.15, 0.2) is 0 Å². The van der Waals surface area contributed by atoms with Crippen molar-refractivity contribution >= 4 is 21.8 Å². The Hall–Kier alpha value is -0.870. The molecule has 0 aromatic heterocycles. The Morgan fingerprint density at radius 1 is 1.24 bits per heavy atom. The minimum absolute atomic E-state index is 0.321. The van der Waals surface area contributed by atoms with Crippen LogP contribution >= 0.6 is 15.9 Å². The molecule has 21 heavy (non-hydrogen) atoms. The summed E-state index contributed by atoms with van der Waals surface area (Å²) in [5.41, 5.74) is 1.42. The van der Waals surface area contributed by atoms with E-state index in [-0.39, 0.29) is 0 Å². The number of carbonyl (C=O) groups excluding carboxylic acids is 1. The number of likely N-dealkylation sites (tertiary alicyclic amines) is 1. The van der Waals surface area contributed by atoms with Gasteiger partial charge < -0.3 is 10.2 Å². The Morgan fingerprint density at radius 2 is 1.95 bits per heavy atom. The van der Waals surface area contributed by atoms with Gasteiger partial charge in [0.1, 0.15) is 0 Å². The van der Waals surface area contributed by atoms with E-state index >= 15 is 0 Å². The van der Waals surface area contributed by atoms with Crippen molar-refractivity contribution in [2.45, 2.75) is 44.1 Å². The van der Waals surface area contributed by atoms with Crippen LogP contribution in [0.1, 0.15) is 43.6 Å². The van der Waals surface area contributed by atoms with Gasteiger partial charge in [-0.25, -0.2) is 0 Å². The number of benzene rings is 1. The highest BCUT2D eigenvalue weighted by molar-refractivity contribution is 9.10. The van der Waals surface area contributed by atoms with Gasteiger partial charge in [0.05, 0.1) is 0 Å². The molecule has 1 aliphatic carbocycles. The lowest BCUT2D eigenvalue weighted by Gasteiger charge is -2.37. The first-order chi connectivity index (χ1) is 10.2. The van der Waals surface area contributed by atoms with Crippen LogP contribution in [0.4, 0.5) is 0 Å². The van der Waals surface area contributed by atoms with Crippen LogP contribution in [0.25, 0.3) is 0 Å². The van der Waals surface area contributed by atoms with Crippen LogP contribution < -0.4 is 5.32 Å². The Kier molecular flexibility index (Phi) is 4.96. The molecular weight excluding hydrogens is 328 g/mol. The monoisotopic (exact) mass is 350 g/mol. The molecule has 1 N–H and O–H groups in total. The zero-order valence-electron chi connectivity index (χ0n) is 12.4. The van der Waals surface area contributed by atoms with E-state index in [4.69, 9.17) is 0 Å². The van der Waals surface area contributed by atoms with Gasteiger partial charge in [-0.05, 0) is 43.2 Å². The molecule has 3 nitrogen and oxygen atoms in total. The topological polar surface area (TPSA) is 32.3 Å². The van der Waals surface area contributed by atoms with Crippen LogP contribution in [-0.2, 0) is 4.79 Å². The molecular formula is C17H23BrN2O. The maximum atomic E-state index is 11.9. The molecule has 0 radical (unpaired) electrons. The number of nitrogens with one attached hydrogen (secondary N) is 1. The molecule has 4 heteroatoms. The van der Waals surface area contributed by atoms with Crippen LogP contribution in [0.3, 0.4) is 0 Å². The van der Waals surface area contributed by atoms with Crippen LogP contribution in [-0.4, -0.2) is 36.5 Å². The molecule has 1 saturated heterocycles. The number of hydrogen-bond donors (Lipinski definition) is 1. The van der Waals surface area contributed by atoms with Gasteiger partial charge in [-0.15, -0.1) is 0 Å². The molecule has 114 valence electrons. The molecule has 2 fully saturated rings. The van der Waals surface area contributed by atoms with Gasteiger partial charge in [-0.3, -0.25) is 4.79 Å². The van der Waals surface area contributed by atoms with Gasteiger partial charge in [0, 0.05) is 36.6 Å². The lowest BCUT2D eigenvalue weighted by atomic mass is 9.76. The fourth-order valence-corrected chi connectivity index (χ4v) is 3.96. The first-order valence-corrected chi connectivity index (χ1v) is 8.79. The van der Waals surface area contributed by atoms with Crippen LogP contribution in [0.2, 0.25) is 0 Å². The standard InChI is InChI=1S/C17H23BrN2O/c18-16-6-2-1-5-15(16)13-11-14(12-13)19-8-7-17(21)20-9-3-4-10-20/h1-2,5-6,13-14,19H,3-4,7-12H2. The second-order valence-electron chi connectivity index (χ2n) is 6.18. The van der Waals surface area contributed by atoms with Crippen LogP contribution in [0.5, 0.6) is 0 Å². The second-order valence-corrected chi connectivity index (χ2v) is 7.03. The molecule has 0 atom stereocenters. The highest BCUT2D eigenvalue weighted by Crippen LogP contribution is 2.39. The largest absolute Gasteiger partial charge is 0.343 e. The van der Waals surface area contributed by atoms with Crippen LogP contribution in [0, 0.1) is 0 Å². The van der Waals surface area contributed by atoms with E-state index in [0.717, 1.165) is 19.6 Å². The predicted octanol–water partition coefficient (Wildman–Crippen LogP) is 3.30. The maximum Gasteiger partial charge on any atom is 0.223 e. The summed E-state index contributed by atoms with van der Waals surface area (Å²) in [7, 11) is 0. The van der Waals surface area contributed by atoms with Gasteiger partial charge in [0.25, 0.3) is 0 Å². The van der Waals surface area contributed by atoms with Gasteiger partial charge in [-0.2, -0.15) is 0 Å². The van der Waals surface area contributed by atoms with Crippen molar-refractivity contribution in [1.82, 2.24) is 10.2 Å². The fourth-order valence-electron chi connectivity index (χ4n) is 3.35. The zero-order chi connectivity index (χ0) is 14.7. The van der Waals surface area contributed by atoms with Crippen molar-refractivity contribution in [2.75, 3.05) is 19.6 Å². The van der Waals surface area contributed by atoms with E-state index in [1.54, 1.807) is 0 Å². The van der Waals surface area contributed by atoms with Gasteiger partial charge in [-0.1, -0.05) is 34.1 Å². The summed E-state index contributed by atoms with van der Waals surface area (Å²) in [4.78, 5) is 13.9. The summed E-state index contributed by atoms with van der Waals surface area (Å²) in [6, 6.07) is 9.07. The van der Waals surface area contributed by atoms with Gasteiger partial charge >= 0.3 is 0 Å². The molecule has 1 aliphatic heterocycles. The Balaban J connectivity index is 1.36. The van der Waals surface area contributed by atoms with E-state index in [0.29, 0.717) is 24.3 Å². The number of carbonyl (C=O) groups is 1. The van der Waals surface area contributed by atoms with Crippen molar-refractivity contribution in [3.8, 4) is 0 Å². The summed E-state index contributed by atoms with van der Waals surface area (Å²) in [5, 5.41) is 3.53. The number of nitrogens with zero attached hydrogens (tertiary/aromatic N) is 1. The Bertz CT molecular complexity index is 493. The third kappa shape index (κ3) is 3.67. The predicted molar refractivity (Wildman–Crippen MR) is 88.3 cm³/mol. The van der Waals surface area contributed by atoms with Gasteiger partial charge in [0.2, 0.25) is 5.91 Å². The number of hydrogen-bond acceptors (Lipinski definition) is 2. The smallest absolute Gasteiger partial charge is 0.223 e. The lowest BCUT2D eigenvalue weighted by Crippen LogP contribution is -2.42. The molecule has 3 rings (SSSR count). The fraction of sp³-hybridized carbons (Fsp3) is 0.588. The molecule has 2 aliphatic rings. The normalized spacial score (nSPS) is 24.9. The number of amides is 1.